The van der Waals surface area contributed by atoms with Gasteiger partial charge in [-0.1, -0.05) is 37.1 Å². The molecule has 1 N–H and O–H groups in total. The van der Waals surface area contributed by atoms with Crippen LogP contribution in [0.1, 0.15) is 42.9 Å². The first-order chi connectivity index (χ1) is 7.43. The number of aryl methyl sites for hydroxylation is 1. The first-order valence-corrected chi connectivity index (χ1v) is 6.24. The summed E-state index contributed by atoms with van der Waals surface area (Å²) in [6.45, 7) is 1.21. The lowest BCUT2D eigenvalue weighted by Crippen LogP contribution is -2.20. The van der Waals surface area contributed by atoms with Crippen molar-refractivity contribution in [1.29, 1.82) is 0 Å². The maximum atomic E-state index is 3.71. The van der Waals surface area contributed by atoms with E-state index in [1.807, 2.05) is 0 Å². The number of hydrogen-bond acceptors (Lipinski definition) is 1. The van der Waals surface area contributed by atoms with Crippen LogP contribution in [0, 0.1) is 5.92 Å². The van der Waals surface area contributed by atoms with Crippen molar-refractivity contribution in [2.45, 2.75) is 38.1 Å². The Labute approximate surface area is 91.9 Å². The van der Waals surface area contributed by atoms with Crippen LogP contribution in [0.15, 0.2) is 24.3 Å². The molecule has 1 atom stereocenters. The molecule has 1 aromatic rings. The quantitative estimate of drug-likeness (QED) is 0.789. The Balaban J connectivity index is 1.58. The minimum absolute atomic E-state index is 0.639. The van der Waals surface area contributed by atoms with Crippen LogP contribution in [0.25, 0.3) is 0 Å². The zero-order valence-corrected chi connectivity index (χ0v) is 9.21. The average Bonchev–Trinajstić information content (AvgIpc) is 3.00. The third-order valence-corrected chi connectivity index (χ3v) is 3.77. The standard InChI is InChI=1S/C14H19N/c1-2-4-13-12(3-1)7-8-14(13)15-10-9-11-5-6-11/h1-4,11,14-15H,5-10H2. The van der Waals surface area contributed by atoms with E-state index >= 15 is 0 Å². The summed E-state index contributed by atoms with van der Waals surface area (Å²) < 4.78 is 0. The molecule has 0 aromatic heterocycles. The molecular formula is C14H19N. The van der Waals surface area contributed by atoms with Crippen LogP contribution >= 0.6 is 0 Å². The van der Waals surface area contributed by atoms with Crippen LogP contribution in [0.4, 0.5) is 0 Å². The van der Waals surface area contributed by atoms with Crippen LogP contribution in [0.3, 0.4) is 0 Å². The van der Waals surface area contributed by atoms with Gasteiger partial charge in [0.15, 0.2) is 0 Å². The predicted octanol–water partition coefficient (Wildman–Crippen LogP) is 3.06. The molecule has 80 valence electrons. The van der Waals surface area contributed by atoms with Crippen molar-refractivity contribution in [3.8, 4) is 0 Å². The van der Waals surface area contributed by atoms with Gasteiger partial charge in [0, 0.05) is 6.04 Å². The Bertz CT molecular complexity index is 341. The summed E-state index contributed by atoms with van der Waals surface area (Å²) in [5.74, 6) is 1.05. The molecule has 0 bridgehead atoms. The molecule has 1 unspecified atom stereocenters. The lowest BCUT2D eigenvalue weighted by Gasteiger charge is -2.13. The van der Waals surface area contributed by atoms with Gasteiger partial charge in [-0.3, -0.25) is 0 Å². The molecule has 0 heterocycles. The maximum absolute atomic E-state index is 3.71. The zero-order valence-electron chi connectivity index (χ0n) is 9.21. The molecule has 0 saturated heterocycles. The van der Waals surface area contributed by atoms with Crippen LogP contribution in [-0.2, 0) is 6.42 Å². The molecule has 3 rings (SSSR count). The summed E-state index contributed by atoms with van der Waals surface area (Å²) in [6.07, 6.45) is 6.89. The highest BCUT2D eigenvalue weighted by atomic mass is 14.9. The van der Waals surface area contributed by atoms with Gasteiger partial charge in [-0.2, -0.15) is 0 Å². The van der Waals surface area contributed by atoms with Gasteiger partial charge in [0.2, 0.25) is 0 Å². The van der Waals surface area contributed by atoms with Crippen LogP contribution < -0.4 is 5.32 Å². The van der Waals surface area contributed by atoms with Gasteiger partial charge in [0.1, 0.15) is 0 Å². The normalized spacial score (nSPS) is 24.1. The van der Waals surface area contributed by atoms with E-state index in [9.17, 15) is 0 Å². The Kier molecular flexibility index (Phi) is 2.49. The largest absolute Gasteiger partial charge is 0.310 e. The van der Waals surface area contributed by atoms with Gasteiger partial charge in [0.25, 0.3) is 0 Å². The minimum atomic E-state index is 0.639. The summed E-state index contributed by atoms with van der Waals surface area (Å²) in [6, 6.07) is 9.53. The van der Waals surface area contributed by atoms with Gasteiger partial charge in [0.05, 0.1) is 0 Å². The molecule has 0 radical (unpaired) electrons. The molecule has 1 saturated carbocycles. The lowest BCUT2D eigenvalue weighted by atomic mass is 10.1. The highest BCUT2D eigenvalue weighted by Gasteiger charge is 2.23. The molecule has 0 spiro atoms. The number of rotatable bonds is 4. The highest BCUT2D eigenvalue weighted by molar-refractivity contribution is 5.34. The topological polar surface area (TPSA) is 12.0 Å². The average molecular weight is 201 g/mol. The Morgan fingerprint density at radius 1 is 1.13 bits per heavy atom. The number of fused-ring (bicyclic) bond motifs is 1. The fraction of sp³-hybridized carbons (Fsp3) is 0.571. The monoisotopic (exact) mass is 201 g/mol. The molecule has 2 aliphatic rings. The third-order valence-electron chi connectivity index (χ3n) is 3.77. The van der Waals surface area contributed by atoms with Gasteiger partial charge >= 0.3 is 0 Å². The van der Waals surface area contributed by atoms with Crippen molar-refractivity contribution < 1.29 is 0 Å². The summed E-state index contributed by atoms with van der Waals surface area (Å²) in [5, 5.41) is 3.71. The van der Waals surface area contributed by atoms with E-state index in [-0.39, 0.29) is 0 Å². The predicted molar refractivity (Wildman–Crippen MR) is 62.8 cm³/mol. The number of hydrogen-bond donors (Lipinski definition) is 1. The van der Waals surface area contributed by atoms with E-state index in [1.54, 1.807) is 11.1 Å². The molecule has 0 aliphatic heterocycles. The summed E-state index contributed by atoms with van der Waals surface area (Å²) in [5.41, 5.74) is 3.11. The lowest BCUT2D eigenvalue weighted by molar-refractivity contribution is 0.507. The van der Waals surface area contributed by atoms with Gasteiger partial charge in [-0.15, -0.1) is 0 Å². The molecule has 1 aromatic carbocycles. The van der Waals surface area contributed by atoms with Crippen molar-refractivity contribution >= 4 is 0 Å². The zero-order chi connectivity index (χ0) is 10.1. The van der Waals surface area contributed by atoms with Crippen molar-refractivity contribution in [1.82, 2.24) is 5.32 Å². The second-order valence-electron chi connectivity index (χ2n) is 4.98. The molecule has 2 aliphatic carbocycles. The van der Waals surface area contributed by atoms with Crippen molar-refractivity contribution in [2.75, 3.05) is 6.54 Å². The van der Waals surface area contributed by atoms with E-state index in [4.69, 9.17) is 0 Å². The minimum Gasteiger partial charge on any atom is -0.310 e. The SMILES string of the molecule is c1ccc2c(c1)CCC2NCCC1CC1. The first-order valence-electron chi connectivity index (χ1n) is 6.24. The van der Waals surface area contributed by atoms with Crippen LogP contribution in [-0.4, -0.2) is 6.54 Å². The van der Waals surface area contributed by atoms with E-state index in [0.29, 0.717) is 6.04 Å². The molecule has 1 nitrogen and oxygen atoms in total. The molecule has 0 amide bonds. The molecule has 15 heavy (non-hydrogen) atoms. The Morgan fingerprint density at radius 2 is 2.00 bits per heavy atom. The second kappa shape index (κ2) is 3.97. The number of benzene rings is 1. The van der Waals surface area contributed by atoms with E-state index in [0.717, 1.165) is 5.92 Å². The van der Waals surface area contributed by atoms with Crippen molar-refractivity contribution in [2.24, 2.45) is 5.92 Å². The molecular weight excluding hydrogens is 182 g/mol. The Morgan fingerprint density at radius 3 is 2.87 bits per heavy atom. The molecule has 1 fully saturated rings. The summed E-state index contributed by atoms with van der Waals surface area (Å²) in [7, 11) is 0. The van der Waals surface area contributed by atoms with Gasteiger partial charge in [-0.05, 0) is 42.9 Å². The fourth-order valence-electron chi connectivity index (χ4n) is 2.64. The fourth-order valence-corrected chi connectivity index (χ4v) is 2.64. The van der Waals surface area contributed by atoms with E-state index in [1.165, 1.54) is 38.6 Å². The highest BCUT2D eigenvalue weighted by Crippen LogP contribution is 2.33. The van der Waals surface area contributed by atoms with Crippen molar-refractivity contribution in [3.05, 3.63) is 35.4 Å². The first kappa shape index (κ1) is 9.41. The summed E-state index contributed by atoms with van der Waals surface area (Å²) in [4.78, 5) is 0. The third kappa shape index (κ3) is 2.07. The van der Waals surface area contributed by atoms with Crippen molar-refractivity contribution in [3.63, 3.8) is 0 Å². The number of nitrogens with one attached hydrogen (secondary N) is 1. The smallest absolute Gasteiger partial charge is 0.0326 e. The molecule has 1 heteroatoms. The Hall–Kier alpha value is -0.820. The summed E-state index contributed by atoms with van der Waals surface area (Å²) >= 11 is 0. The van der Waals surface area contributed by atoms with Gasteiger partial charge < -0.3 is 5.32 Å². The maximum Gasteiger partial charge on any atom is 0.0326 e. The van der Waals surface area contributed by atoms with Gasteiger partial charge in [-0.25, -0.2) is 0 Å². The van der Waals surface area contributed by atoms with Crippen LogP contribution in [0.5, 0.6) is 0 Å². The van der Waals surface area contributed by atoms with E-state index < -0.39 is 0 Å². The van der Waals surface area contributed by atoms with Crippen LogP contribution in [0.2, 0.25) is 0 Å². The second-order valence-corrected chi connectivity index (χ2v) is 4.98. The van der Waals surface area contributed by atoms with E-state index in [2.05, 4.69) is 29.6 Å².